The van der Waals surface area contributed by atoms with Gasteiger partial charge in [0.15, 0.2) is 0 Å². The lowest BCUT2D eigenvalue weighted by Crippen LogP contribution is -2.52. The summed E-state index contributed by atoms with van der Waals surface area (Å²) in [6.45, 7) is 0.408. The molecule has 174 valence electrons. The Bertz CT molecular complexity index is 919. The largest absolute Gasteiger partial charge is 0.394 e. The molecular formula is C22H29F2N5O3. The SMILES string of the molecule is O=C(Nc1cc(F)ccc1F)N[C@H]1CC[C@@H](CCn2cc(C3CCCC3)nn2)O[C@@H]1CO. The summed E-state index contributed by atoms with van der Waals surface area (Å²) in [6.07, 6.45) is 8.22. The van der Waals surface area contributed by atoms with Crippen molar-refractivity contribution in [2.75, 3.05) is 11.9 Å². The second kappa shape index (κ2) is 10.4. The van der Waals surface area contributed by atoms with Crippen LogP contribution in [-0.2, 0) is 11.3 Å². The number of anilines is 1. The Labute approximate surface area is 185 Å². The van der Waals surface area contributed by atoms with E-state index in [-0.39, 0.29) is 18.4 Å². The number of carbonyl (C=O) groups excluding carboxylic acids is 1. The van der Waals surface area contributed by atoms with Crippen molar-refractivity contribution in [2.24, 2.45) is 0 Å². The van der Waals surface area contributed by atoms with Gasteiger partial charge >= 0.3 is 6.03 Å². The number of urea groups is 1. The highest BCUT2D eigenvalue weighted by atomic mass is 19.1. The molecule has 1 aliphatic carbocycles. The molecule has 2 amide bonds. The fourth-order valence-corrected chi connectivity index (χ4v) is 4.54. The topological polar surface area (TPSA) is 101 Å². The minimum Gasteiger partial charge on any atom is -0.394 e. The number of hydrogen-bond donors (Lipinski definition) is 3. The van der Waals surface area contributed by atoms with E-state index in [1.54, 1.807) is 0 Å². The standard InChI is InChI=1S/C22H29F2N5O3/c23-15-5-7-17(24)19(11-15)26-22(31)25-18-8-6-16(32-21(18)13-30)9-10-29-12-20(27-28-29)14-3-1-2-4-14/h5,7,11-12,14,16,18,21,30H,1-4,6,8-10,13H2,(H2,25,26,31)/t16-,18-,21+/m0/s1. The number of nitrogens with zero attached hydrogens (tertiary/aromatic N) is 3. The summed E-state index contributed by atoms with van der Waals surface area (Å²) in [6, 6.07) is 1.72. The van der Waals surface area contributed by atoms with Crippen molar-refractivity contribution in [3.05, 3.63) is 41.7 Å². The first-order valence-electron chi connectivity index (χ1n) is 11.2. The van der Waals surface area contributed by atoms with Gasteiger partial charge in [-0.1, -0.05) is 18.1 Å². The molecule has 0 unspecified atom stereocenters. The molecule has 0 bridgehead atoms. The number of benzene rings is 1. The molecule has 8 nitrogen and oxygen atoms in total. The number of rotatable bonds is 7. The van der Waals surface area contributed by atoms with Crippen molar-refractivity contribution in [3.8, 4) is 0 Å². The number of aryl methyl sites for hydroxylation is 1. The number of ether oxygens (including phenoxy) is 1. The van der Waals surface area contributed by atoms with Crippen LogP contribution in [0, 0.1) is 11.6 Å². The summed E-state index contributed by atoms with van der Waals surface area (Å²) in [5, 5.41) is 23.3. The molecular weight excluding hydrogens is 420 g/mol. The minimum atomic E-state index is -0.732. The molecule has 3 atom stereocenters. The maximum absolute atomic E-state index is 13.7. The second-order valence-corrected chi connectivity index (χ2v) is 8.56. The zero-order chi connectivity index (χ0) is 22.5. The third-order valence-electron chi connectivity index (χ3n) is 6.30. The van der Waals surface area contributed by atoms with Crippen molar-refractivity contribution in [1.29, 1.82) is 0 Å². The Morgan fingerprint density at radius 1 is 1.22 bits per heavy atom. The van der Waals surface area contributed by atoms with E-state index in [4.69, 9.17) is 4.74 Å². The van der Waals surface area contributed by atoms with Gasteiger partial charge in [0.25, 0.3) is 0 Å². The van der Waals surface area contributed by atoms with Crippen molar-refractivity contribution >= 4 is 11.7 Å². The average molecular weight is 450 g/mol. The number of carbonyl (C=O) groups is 1. The highest BCUT2D eigenvalue weighted by molar-refractivity contribution is 5.89. The number of hydrogen-bond acceptors (Lipinski definition) is 5. The lowest BCUT2D eigenvalue weighted by Gasteiger charge is -2.36. The summed E-state index contributed by atoms with van der Waals surface area (Å²) in [5.41, 5.74) is 0.813. The first-order valence-corrected chi connectivity index (χ1v) is 11.2. The molecule has 2 aliphatic rings. The van der Waals surface area contributed by atoms with Crippen LogP contribution >= 0.6 is 0 Å². The second-order valence-electron chi connectivity index (χ2n) is 8.56. The Hall–Kier alpha value is -2.59. The van der Waals surface area contributed by atoms with Crippen molar-refractivity contribution in [3.63, 3.8) is 0 Å². The van der Waals surface area contributed by atoms with E-state index in [0.29, 0.717) is 25.3 Å². The van der Waals surface area contributed by atoms with E-state index >= 15 is 0 Å². The van der Waals surface area contributed by atoms with E-state index in [2.05, 4.69) is 20.9 Å². The van der Waals surface area contributed by atoms with Crippen LogP contribution in [0.5, 0.6) is 0 Å². The predicted octanol–water partition coefficient (Wildman–Crippen LogP) is 3.33. The van der Waals surface area contributed by atoms with Crippen LogP contribution in [0.3, 0.4) is 0 Å². The van der Waals surface area contributed by atoms with Crippen LogP contribution in [0.2, 0.25) is 0 Å². The number of aliphatic hydroxyl groups excluding tert-OH is 1. The van der Waals surface area contributed by atoms with Crippen molar-refractivity contribution in [2.45, 2.75) is 75.7 Å². The molecule has 1 aromatic heterocycles. The maximum Gasteiger partial charge on any atom is 0.319 e. The fraction of sp³-hybridized carbons (Fsp3) is 0.591. The van der Waals surface area contributed by atoms with E-state index < -0.39 is 29.8 Å². The summed E-state index contributed by atoms with van der Waals surface area (Å²) >= 11 is 0. The first kappa shape index (κ1) is 22.6. The Morgan fingerprint density at radius 3 is 2.81 bits per heavy atom. The highest BCUT2D eigenvalue weighted by Crippen LogP contribution is 2.32. The Balaban J connectivity index is 1.25. The third kappa shape index (κ3) is 5.60. The number of aliphatic hydroxyl groups is 1. The van der Waals surface area contributed by atoms with Gasteiger partial charge in [-0.3, -0.25) is 4.68 Å². The van der Waals surface area contributed by atoms with Gasteiger partial charge in [0.05, 0.1) is 30.1 Å². The fourth-order valence-electron chi connectivity index (χ4n) is 4.54. The van der Waals surface area contributed by atoms with E-state index in [1.165, 1.54) is 25.7 Å². The van der Waals surface area contributed by atoms with Crippen LogP contribution in [0.1, 0.15) is 56.6 Å². The van der Waals surface area contributed by atoms with Crippen LogP contribution < -0.4 is 10.6 Å². The summed E-state index contributed by atoms with van der Waals surface area (Å²) in [4.78, 5) is 12.2. The highest BCUT2D eigenvalue weighted by Gasteiger charge is 2.32. The number of amides is 2. The third-order valence-corrected chi connectivity index (χ3v) is 6.30. The monoisotopic (exact) mass is 449 g/mol. The number of nitrogens with one attached hydrogen (secondary N) is 2. The Morgan fingerprint density at radius 2 is 2.03 bits per heavy atom. The van der Waals surface area contributed by atoms with Crippen LogP contribution in [0.25, 0.3) is 0 Å². The molecule has 2 aromatic rings. The van der Waals surface area contributed by atoms with E-state index in [9.17, 15) is 18.7 Å². The van der Waals surface area contributed by atoms with Gasteiger partial charge in [-0.15, -0.1) is 5.10 Å². The molecule has 1 aromatic carbocycles. The maximum atomic E-state index is 13.7. The summed E-state index contributed by atoms with van der Waals surface area (Å²) in [7, 11) is 0. The molecule has 1 aliphatic heterocycles. The molecule has 1 saturated heterocycles. The molecule has 2 heterocycles. The molecule has 10 heteroatoms. The molecule has 1 saturated carbocycles. The number of halogens is 2. The van der Waals surface area contributed by atoms with E-state index in [1.807, 2.05) is 10.9 Å². The molecule has 0 spiro atoms. The smallest absolute Gasteiger partial charge is 0.319 e. The predicted molar refractivity (Wildman–Crippen MR) is 113 cm³/mol. The van der Waals surface area contributed by atoms with Gasteiger partial charge in [0.2, 0.25) is 0 Å². The van der Waals surface area contributed by atoms with Crippen LogP contribution in [-0.4, -0.2) is 51.0 Å². The molecule has 2 fully saturated rings. The van der Waals surface area contributed by atoms with E-state index in [0.717, 1.165) is 30.3 Å². The lowest BCUT2D eigenvalue weighted by molar-refractivity contribution is -0.0905. The zero-order valence-electron chi connectivity index (χ0n) is 17.8. The van der Waals surface area contributed by atoms with Crippen LogP contribution in [0.15, 0.2) is 24.4 Å². The van der Waals surface area contributed by atoms with Crippen molar-refractivity contribution < 1.29 is 23.4 Å². The summed E-state index contributed by atoms with van der Waals surface area (Å²) < 4.78 is 34.8. The quantitative estimate of drug-likeness (QED) is 0.602. The average Bonchev–Trinajstić information content (AvgIpc) is 3.47. The van der Waals surface area contributed by atoms with Gasteiger partial charge in [-0.2, -0.15) is 0 Å². The molecule has 3 N–H and O–H groups in total. The van der Waals surface area contributed by atoms with Crippen LogP contribution in [0.4, 0.5) is 19.3 Å². The van der Waals surface area contributed by atoms with Gasteiger partial charge in [-0.25, -0.2) is 13.6 Å². The van der Waals surface area contributed by atoms with Gasteiger partial charge in [0.1, 0.15) is 17.7 Å². The molecule has 32 heavy (non-hydrogen) atoms. The number of aromatic nitrogens is 3. The van der Waals surface area contributed by atoms with Crippen molar-refractivity contribution in [1.82, 2.24) is 20.3 Å². The normalized spacial score (nSPS) is 23.9. The zero-order valence-corrected chi connectivity index (χ0v) is 17.8. The molecule has 0 radical (unpaired) electrons. The summed E-state index contributed by atoms with van der Waals surface area (Å²) in [5.74, 6) is -0.863. The first-order chi connectivity index (χ1) is 15.5. The molecule has 4 rings (SSSR count). The minimum absolute atomic E-state index is 0.0759. The Kier molecular flexibility index (Phi) is 7.31. The van der Waals surface area contributed by atoms with Gasteiger partial charge in [-0.05, 0) is 44.2 Å². The van der Waals surface area contributed by atoms with Gasteiger partial charge < -0.3 is 20.5 Å². The van der Waals surface area contributed by atoms with Gasteiger partial charge in [0, 0.05) is 24.7 Å². The lowest BCUT2D eigenvalue weighted by atomic mass is 9.97.